The summed E-state index contributed by atoms with van der Waals surface area (Å²) < 4.78 is 7.06. The molecule has 27 heavy (non-hydrogen) atoms. The Morgan fingerprint density at radius 2 is 1.96 bits per heavy atom. The Balaban J connectivity index is 1.51. The summed E-state index contributed by atoms with van der Waals surface area (Å²) in [5.41, 5.74) is 1.47. The Bertz CT molecular complexity index is 875. The summed E-state index contributed by atoms with van der Waals surface area (Å²) in [6, 6.07) is 0. The van der Waals surface area contributed by atoms with Crippen molar-refractivity contribution >= 4 is 11.8 Å². The first-order valence-corrected chi connectivity index (χ1v) is 9.09. The van der Waals surface area contributed by atoms with Crippen molar-refractivity contribution in [3.05, 3.63) is 29.2 Å². The third kappa shape index (κ3) is 2.81. The van der Waals surface area contributed by atoms with Crippen LogP contribution in [0.1, 0.15) is 35.7 Å². The van der Waals surface area contributed by atoms with Crippen LogP contribution in [0.5, 0.6) is 0 Å². The summed E-state index contributed by atoms with van der Waals surface area (Å²) >= 11 is 0. The van der Waals surface area contributed by atoms with Gasteiger partial charge in [0.2, 0.25) is 11.8 Å². The molecular formula is C18H24N6O3. The number of rotatable bonds is 3. The van der Waals surface area contributed by atoms with E-state index in [1.165, 1.54) is 0 Å². The zero-order valence-electron chi connectivity index (χ0n) is 16.1. The lowest BCUT2D eigenvalue weighted by molar-refractivity contribution is -0.143. The molecule has 2 fully saturated rings. The van der Waals surface area contributed by atoms with Gasteiger partial charge in [0.05, 0.1) is 12.1 Å². The first-order valence-electron chi connectivity index (χ1n) is 9.09. The monoisotopic (exact) mass is 372 g/mol. The van der Waals surface area contributed by atoms with Crippen molar-refractivity contribution in [2.75, 3.05) is 26.2 Å². The standard InChI is InChI=1S/C18H24N6O3/c1-11-14(12(2)27-21-11)5-16(26)24-8-18(9-24)7-23(13(3)25)6-15(18)17-20-19-10-22(17)4/h10,15H,5-9H2,1-4H3. The van der Waals surface area contributed by atoms with Gasteiger partial charge in [-0.3, -0.25) is 9.59 Å². The number of carbonyl (C=O) groups excluding carboxylic acids is 2. The van der Waals surface area contributed by atoms with Crippen LogP contribution in [-0.4, -0.2) is 67.7 Å². The van der Waals surface area contributed by atoms with Gasteiger partial charge in [-0.05, 0) is 13.8 Å². The fourth-order valence-electron chi connectivity index (χ4n) is 4.40. The maximum Gasteiger partial charge on any atom is 0.227 e. The van der Waals surface area contributed by atoms with Crippen molar-refractivity contribution in [1.82, 2.24) is 29.7 Å². The van der Waals surface area contributed by atoms with Crippen LogP contribution >= 0.6 is 0 Å². The van der Waals surface area contributed by atoms with Gasteiger partial charge in [0.25, 0.3) is 0 Å². The molecule has 0 aromatic carbocycles. The third-order valence-electron chi connectivity index (χ3n) is 6.02. The molecular weight excluding hydrogens is 348 g/mol. The largest absolute Gasteiger partial charge is 0.361 e. The van der Waals surface area contributed by atoms with Gasteiger partial charge >= 0.3 is 0 Å². The zero-order valence-corrected chi connectivity index (χ0v) is 16.1. The first kappa shape index (κ1) is 17.7. The maximum atomic E-state index is 12.8. The van der Waals surface area contributed by atoms with Crippen molar-refractivity contribution < 1.29 is 14.1 Å². The van der Waals surface area contributed by atoms with Crippen LogP contribution in [0, 0.1) is 19.3 Å². The van der Waals surface area contributed by atoms with Crippen LogP contribution in [-0.2, 0) is 23.1 Å². The minimum absolute atomic E-state index is 0.0551. The third-order valence-corrected chi connectivity index (χ3v) is 6.02. The molecule has 0 bridgehead atoms. The van der Waals surface area contributed by atoms with Gasteiger partial charge in [0.15, 0.2) is 0 Å². The number of nitrogens with zero attached hydrogens (tertiary/aromatic N) is 6. The van der Waals surface area contributed by atoms with E-state index in [1.807, 2.05) is 35.3 Å². The van der Waals surface area contributed by atoms with Crippen molar-refractivity contribution in [1.29, 1.82) is 0 Å². The van der Waals surface area contributed by atoms with Crippen LogP contribution in [0.3, 0.4) is 0 Å². The highest BCUT2D eigenvalue weighted by Crippen LogP contribution is 2.48. The Morgan fingerprint density at radius 1 is 1.26 bits per heavy atom. The molecule has 1 atom stereocenters. The molecule has 0 radical (unpaired) electrons. The zero-order chi connectivity index (χ0) is 19.3. The summed E-state index contributed by atoms with van der Waals surface area (Å²) in [6.07, 6.45) is 1.97. The molecule has 2 aliphatic rings. The van der Waals surface area contributed by atoms with E-state index in [-0.39, 0.29) is 23.1 Å². The van der Waals surface area contributed by atoms with E-state index in [2.05, 4.69) is 15.4 Å². The molecule has 144 valence electrons. The number of hydrogen-bond donors (Lipinski definition) is 0. The average Bonchev–Trinajstić information content (AvgIpc) is 3.26. The fourth-order valence-corrected chi connectivity index (χ4v) is 4.40. The van der Waals surface area contributed by atoms with Gasteiger partial charge in [-0.1, -0.05) is 5.16 Å². The van der Waals surface area contributed by atoms with Crippen molar-refractivity contribution in [2.45, 2.75) is 33.1 Å². The molecule has 2 saturated heterocycles. The van der Waals surface area contributed by atoms with E-state index in [9.17, 15) is 9.59 Å². The molecule has 2 aromatic heterocycles. The maximum absolute atomic E-state index is 12.8. The second-order valence-electron chi connectivity index (χ2n) is 7.84. The highest BCUT2D eigenvalue weighted by atomic mass is 16.5. The molecule has 9 heteroatoms. The molecule has 2 aromatic rings. The molecule has 2 amide bonds. The predicted molar refractivity (Wildman–Crippen MR) is 94.7 cm³/mol. The lowest BCUT2D eigenvalue weighted by Gasteiger charge is -2.50. The van der Waals surface area contributed by atoms with Crippen molar-refractivity contribution in [3.8, 4) is 0 Å². The minimum Gasteiger partial charge on any atom is -0.361 e. The smallest absolute Gasteiger partial charge is 0.227 e. The molecule has 4 heterocycles. The predicted octanol–water partition coefficient (Wildman–Crippen LogP) is 0.437. The first-order chi connectivity index (χ1) is 12.8. The Kier molecular flexibility index (Phi) is 4.05. The van der Waals surface area contributed by atoms with Crippen molar-refractivity contribution in [2.24, 2.45) is 12.5 Å². The summed E-state index contributed by atoms with van der Waals surface area (Å²) in [5, 5.41) is 12.2. The molecule has 1 spiro atoms. The second kappa shape index (κ2) is 6.17. The fraction of sp³-hybridized carbons (Fsp3) is 0.611. The van der Waals surface area contributed by atoms with Gasteiger partial charge in [-0.2, -0.15) is 0 Å². The molecule has 4 rings (SSSR count). The number of aryl methyl sites for hydroxylation is 3. The number of aromatic nitrogens is 4. The summed E-state index contributed by atoms with van der Waals surface area (Å²) in [6.45, 7) is 7.77. The lowest BCUT2D eigenvalue weighted by atomic mass is 9.71. The van der Waals surface area contributed by atoms with E-state index >= 15 is 0 Å². The van der Waals surface area contributed by atoms with Crippen LogP contribution in [0.25, 0.3) is 0 Å². The lowest BCUT2D eigenvalue weighted by Crippen LogP contribution is -2.62. The minimum atomic E-state index is -0.152. The van der Waals surface area contributed by atoms with E-state index in [1.54, 1.807) is 13.3 Å². The van der Waals surface area contributed by atoms with Gasteiger partial charge in [0.1, 0.15) is 17.9 Å². The Labute approximate surface area is 157 Å². The van der Waals surface area contributed by atoms with Gasteiger partial charge in [0, 0.05) is 57.0 Å². The number of carbonyl (C=O) groups is 2. The second-order valence-corrected chi connectivity index (χ2v) is 7.84. The van der Waals surface area contributed by atoms with Gasteiger partial charge in [-0.25, -0.2) is 0 Å². The van der Waals surface area contributed by atoms with Crippen LogP contribution in [0.15, 0.2) is 10.9 Å². The highest BCUT2D eigenvalue weighted by molar-refractivity contribution is 5.80. The summed E-state index contributed by atoms with van der Waals surface area (Å²) in [7, 11) is 1.92. The SMILES string of the molecule is CC(=O)N1CC(c2nncn2C)C2(C1)CN(C(=O)Cc1c(C)noc1C)C2. The molecule has 0 N–H and O–H groups in total. The number of hydrogen-bond acceptors (Lipinski definition) is 6. The summed E-state index contributed by atoms with van der Waals surface area (Å²) in [4.78, 5) is 28.4. The number of likely N-dealkylation sites (tertiary alicyclic amines) is 2. The summed E-state index contributed by atoms with van der Waals surface area (Å²) in [5.74, 6) is 1.76. The van der Waals surface area contributed by atoms with Gasteiger partial charge in [-0.15, -0.1) is 10.2 Å². The van der Waals surface area contributed by atoms with E-state index < -0.39 is 0 Å². The molecule has 2 aliphatic heterocycles. The Hall–Kier alpha value is -2.71. The van der Waals surface area contributed by atoms with Crippen LogP contribution in [0.2, 0.25) is 0 Å². The van der Waals surface area contributed by atoms with Crippen LogP contribution < -0.4 is 0 Å². The van der Waals surface area contributed by atoms with E-state index in [0.29, 0.717) is 38.4 Å². The molecule has 9 nitrogen and oxygen atoms in total. The van der Waals surface area contributed by atoms with Crippen molar-refractivity contribution in [3.63, 3.8) is 0 Å². The molecule has 0 aliphatic carbocycles. The molecule has 1 unspecified atom stereocenters. The van der Waals surface area contributed by atoms with E-state index in [4.69, 9.17) is 4.52 Å². The topological polar surface area (TPSA) is 97.4 Å². The quantitative estimate of drug-likeness (QED) is 0.775. The average molecular weight is 372 g/mol. The van der Waals surface area contributed by atoms with E-state index in [0.717, 1.165) is 17.1 Å². The number of amides is 2. The van der Waals surface area contributed by atoms with Gasteiger partial charge < -0.3 is 18.9 Å². The highest BCUT2D eigenvalue weighted by Gasteiger charge is 2.57. The Morgan fingerprint density at radius 3 is 2.52 bits per heavy atom. The normalized spacial score (nSPS) is 21.0. The van der Waals surface area contributed by atoms with Crippen LogP contribution in [0.4, 0.5) is 0 Å². The molecule has 0 saturated carbocycles.